The van der Waals surface area contributed by atoms with E-state index in [-0.39, 0.29) is 6.42 Å². The molecule has 0 aliphatic heterocycles. The number of hydrogen-bond acceptors (Lipinski definition) is 6. The molecule has 1 rings (SSSR count). The molecule has 4 unspecified atom stereocenters. The molecular formula is C17H30O6. The van der Waals surface area contributed by atoms with Gasteiger partial charge < -0.3 is 24.4 Å². The van der Waals surface area contributed by atoms with Crippen LogP contribution in [-0.4, -0.2) is 52.0 Å². The van der Waals surface area contributed by atoms with Crippen molar-refractivity contribution >= 4 is 6.16 Å². The van der Waals surface area contributed by atoms with Gasteiger partial charge in [0.05, 0.1) is 23.9 Å². The van der Waals surface area contributed by atoms with Crippen LogP contribution in [0.5, 0.6) is 0 Å². The van der Waals surface area contributed by atoms with Gasteiger partial charge in [0.2, 0.25) is 0 Å². The van der Waals surface area contributed by atoms with Gasteiger partial charge in [0.15, 0.2) is 0 Å². The molecule has 0 bridgehead atoms. The van der Waals surface area contributed by atoms with Crippen LogP contribution in [-0.2, 0) is 14.2 Å². The zero-order chi connectivity index (χ0) is 17.8. The lowest BCUT2D eigenvalue weighted by molar-refractivity contribution is -0.131. The van der Waals surface area contributed by atoms with Crippen LogP contribution in [0.15, 0.2) is 12.2 Å². The summed E-state index contributed by atoms with van der Waals surface area (Å²) in [5.41, 5.74) is -1.11. The summed E-state index contributed by atoms with van der Waals surface area (Å²) in [6, 6.07) is 0. The van der Waals surface area contributed by atoms with Gasteiger partial charge in [-0.05, 0) is 47.6 Å². The Labute approximate surface area is 138 Å². The molecule has 0 saturated heterocycles. The number of ether oxygens (including phenoxy) is 3. The van der Waals surface area contributed by atoms with Crippen molar-refractivity contribution in [2.45, 2.75) is 90.0 Å². The van der Waals surface area contributed by atoms with Crippen LogP contribution in [0.25, 0.3) is 0 Å². The van der Waals surface area contributed by atoms with E-state index in [0.717, 1.165) is 0 Å². The lowest BCUT2D eigenvalue weighted by Crippen LogP contribution is -2.41. The maximum Gasteiger partial charge on any atom is 0.509 e. The molecule has 6 heteroatoms. The molecule has 0 amide bonds. The maximum atomic E-state index is 11.8. The lowest BCUT2D eigenvalue weighted by atomic mass is 9.96. The largest absolute Gasteiger partial charge is 0.509 e. The smallest absolute Gasteiger partial charge is 0.429 e. The van der Waals surface area contributed by atoms with Crippen molar-refractivity contribution in [2.75, 3.05) is 0 Å². The zero-order valence-electron chi connectivity index (χ0n) is 14.9. The molecule has 0 fully saturated rings. The van der Waals surface area contributed by atoms with E-state index >= 15 is 0 Å². The molecule has 0 aromatic rings. The first-order chi connectivity index (χ1) is 10.4. The number of aliphatic hydroxyl groups excluding tert-OH is 2. The Morgan fingerprint density at radius 2 is 1.61 bits per heavy atom. The van der Waals surface area contributed by atoms with E-state index in [1.54, 1.807) is 26.8 Å². The highest BCUT2D eigenvalue weighted by Crippen LogP contribution is 2.24. The van der Waals surface area contributed by atoms with Crippen LogP contribution < -0.4 is 0 Å². The third-order valence-electron chi connectivity index (χ3n) is 3.07. The van der Waals surface area contributed by atoms with E-state index < -0.39 is 41.8 Å². The summed E-state index contributed by atoms with van der Waals surface area (Å²) in [6.07, 6.45) is -0.0439. The van der Waals surface area contributed by atoms with Crippen molar-refractivity contribution in [2.24, 2.45) is 0 Å². The van der Waals surface area contributed by atoms with Crippen molar-refractivity contribution in [3.63, 3.8) is 0 Å². The Bertz CT molecular complexity index is 418. The molecule has 4 atom stereocenters. The molecule has 0 radical (unpaired) electrons. The predicted molar refractivity (Wildman–Crippen MR) is 86.1 cm³/mol. The third-order valence-corrected chi connectivity index (χ3v) is 3.07. The first kappa shape index (κ1) is 19.9. The molecule has 23 heavy (non-hydrogen) atoms. The molecule has 2 N–H and O–H groups in total. The second-order valence-electron chi connectivity index (χ2n) is 7.88. The van der Waals surface area contributed by atoms with Gasteiger partial charge in [-0.1, -0.05) is 6.08 Å². The highest BCUT2D eigenvalue weighted by atomic mass is 16.7. The summed E-state index contributed by atoms with van der Waals surface area (Å²) >= 11 is 0. The number of carbonyl (C=O) groups excluding carboxylic acids is 1. The first-order valence-electron chi connectivity index (χ1n) is 7.97. The topological polar surface area (TPSA) is 85.2 Å². The van der Waals surface area contributed by atoms with E-state index in [2.05, 4.69) is 0 Å². The Morgan fingerprint density at radius 3 is 2.13 bits per heavy atom. The van der Waals surface area contributed by atoms with Crippen molar-refractivity contribution in [3.05, 3.63) is 12.2 Å². The molecule has 0 aromatic carbocycles. The minimum atomic E-state index is -0.848. The van der Waals surface area contributed by atoms with Crippen molar-refractivity contribution < 1.29 is 29.2 Å². The third kappa shape index (κ3) is 8.34. The van der Waals surface area contributed by atoms with Gasteiger partial charge in [0.1, 0.15) is 11.7 Å². The van der Waals surface area contributed by atoms with Gasteiger partial charge in [-0.15, -0.1) is 0 Å². The lowest BCUT2D eigenvalue weighted by Gasteiger charge is -2.34. The SMILES string of the molecule is CC(C)(C)OC(=O)OC1/C=C/C(O)CC(O)C(OC(C)(C)C)C1. The van der Waals surface area contributed by atoms with Crippen LogP contribution in [0.1, 0.15) is 54.4 Å². The minimum absolute atomic E-state index is 0.177. The highest BCUT2D eigenvalue weighted by Gasteiger charge is 2.32. The molecule has 1 aliphatic carbocycles. The average Bonchev–Trinajstić information content (AvgIpc) is 2.29. The molecule has 1 aliphatic rings. The van der Waals surface area contributed by atoms with E-state index in [0.29, 0.717) is 6.42 Å². The quantitative estimate of drug-likeness (QED) is 0.598. The summed E-state index contributed by atoms with van der Waals surface area (Å²) in [6.45, 7) is 10.9. The maximum absolute atomic E-state index is 11.8. The Morgan fingerprint density at radius 1 is 1.00 bits per heavy atom. The fraction of sp³-hybridized carbons (Fsp3) is 0.824. The van der Waals surface area contributed by atoms with Gasteiger partial charge in [-0.3, -0.25) is 0 Å². The predicted octanol–water partition coefficient (Wildman–Crippen LogP) is 2.56. The van der Waals surface area contributed by atoms with E-state index in [9.17, 15) is 15.0 Å². The first-order valence-corrected chi connectivity index (χ1v) is 7.97. The molecule has 0 spiro atoms. The fourth-order valence-electron chi connectivity index (χ4n) is 2.26. The van der Waals surface area contributed by atoms with Gasteiger partial charge in [0.25, 0.3) is 0 Å². The molecule has 134 valence electrons. The van der Waals surface area contributed by atoms with Crippen LogP contribution >= 0.6 is 0 Å². The molecule has 6 nitrogen and oxygen atoms in total. The fourth-order valence-corrected chi connectivity index (χ4v) is 2.26. The number of aliphatic hydroxyl groups is 2. The van der Waals surface area contributed by atoms with Gasteiger partial charge >= 0.3 is 6.16 Å². The van der Waals surface area contributed by atoms with Gasteiger partial charge in [-0.2, -0.15) is 0 Å². The van der Waals surface area contributed by atoms with E-state index in [4.69, 9.17) is 14.2 Å². The molecule has 0 heterocycles. The molecule has 0 aromatic heterocycles. The van der Waals surface area contributed by atoms with Crippen LogP contribution in [0.3, 0.4) is 0 Å². The van der Waals surface area contributed by atoms with E-state index in [1.165, 1.54) is 6.08 Å². The number of rotatable bonds is 2. The second-order valence-corrected chi connectivity index (χ2v) is 7.88. The summed E-state index contributed by atoms with van der Waals surface area (Å²) in [4.78, 5) is 11.8. The summed E-state index contributed by atoms with van der Waals surface area (Å²) < 4.78 is 16.3. The normalized spacial score (nSPS) is 31.0. The van der Waals surface area contributed by atoms with Crippen LogP contribution in [0.2, 0.25) is 0 Å². The average molecular weight is 330 g/mol. The molecule has 0 saturated carbocycles. The summed E-state index contributed by atoms with van der Waals surface area (Å²) in [7, 11) is 0. The summed E-state index contributed by atoms with van der Waals surface area (Å²) in [5, 5.41) is 20.1. The second kappa shape index (κ2) is 7.64. The van der Waals surface area contributed by atoms with Crippen molar-refractivity contribution in [3.8, 4) is 0 Å². The Kier molecular flexibility index (Phi) is 6.62. The standard InChI is InChI=1S/C17H30O6/c1-16(2,3)22-14-10-12(8-7-11(18)9-13(14)19)21-15(20)23-17(4,5)6/h7-8,11-14,18-19H,9-10H2,1-6H3/b8-7+. The van der Waals surface area contributed by atoms with Crippen LogP contribution in [0, 0.1) is 0 Å². The zero-order valence-corrected chi connectivity index (χ0v) is 14.9. The van der Waals surface area contributed by atoms with Crippen molar-refractivity contribution in [1.29, 1.82) is 0 Å². The number of carbonyl (C=O) groups is 1. The van der Waals surface area contributed by atoms with Gasteiger partial charge in [0, 0.05) is 12.8 Å². The molecular weight excluding hydrogens is 300 g/mol. The van der Waals surface area contributed by atoms with E-state index in [1.807, 2.05) is 20.8 Å². The Hall–Kier alpha value is -1.11. The summed E-state index contributed by atoms with van der Waals surface area (Å²) in [5.74, 6) is 0. The van der Waals surface area contributed by atoms with Crippen molar-refractivity contribution in [1.82, 2.24) is 0 Å². The van der Waals surface area contributed by atoms with Crippen LogP contribution in [0.4, 0.5) is 4.79 Å². The number of hydrogen-bond donors (Lipinski definition) is 2. The Balaban J connectivity index is 2.81. The monoisotopic (exact) mass is 330 g/mol. The highest BCUT2D eigenvalue weighted by molar-refractivity contribution is 5.61. The van der Waals surface area contributed by atoms with Gasteiger partial charge in [-0.25, -0.2) is 4.79 Å². The minimum Gasteiger partial charge on any atom is -0.429 e.